The smallest absolute Gasteiger partial charge is 0.404 e. The van der Waals surface area contributed by atoms with Gasteiger partial charge in [-0.1, -0.05) is 0 Å². The summed E-state index contributed by atoms with van der Waals surface area (Å²) in [5.41, 5.74) is 0.894. The first-order valence-corrected chi connectivity index (χ1v) is 5.46. The van der Waals surface area contributed by atoms with Crippen LogP contribution in [0, 0.1) is 0 Å². The van der Waals surface area contributed by atoms with Gasteiger partial charge in [-0.05, 0) is 12.8 Å². The first-order chi connectivity index (χ1) is 8.22. The van der Waals surface area contributed by atoms with Crippen LogP contribution in [-0.4, -0.2) is 40.5 Å². The molecule has 0 atom stereocenters. The lowest BCUT2D eigenvalue weighted by Crippen LogP contribution is -2.32. The molecule has 0 aromatic carbocycles. The van der Waals surface area contributed by atoms with Crippen molar-refractivity contribution in [3.8, 4) is 0 Å². The van der Waals surface area contributed by atoms with Crippen LogP contribution in [-0.2, 0) is 17.8 Å². The molecule has 1 aromatic heterocycles. The fourth-order valence-corrected chi connectivity index (χ4v) is 1.99. The zero-order valence-corrected chi connectivity index (χ0v) is 9.30. The van der Waals surface area contributed by atoms with Gasteiger partial charge in [0, 0.05) is 25.2 Å². The van der Waals surface area contributed by atoms with Crippen molar-refractivity contribution in [1.29, 1.82) is 0 Å². The van der Waals surface area contributed by atoms with E-state index in [9.17, 15) is 9.59 Å². The number of rotatable bonds is 4. The van der Waals surface area contributed by atoms with Crippen LogP contribution in [0.15, 0.2) is 6.20 Å². The lowest BCUT2D eigenvalue weighted by molar-refractivity contribution is -0.107. The number of amides is 2. The van der Waals surface area contributed by atoms with Crippen molar-refractivity contribution in [1.82, 2.24) is 15.1 Å². The van der Waals surface area contributed by atoms with Gasteiger partial charge in [-0.2, -0.15) is 5.10 Å². The summed E-state index contributed by atoms with van der Waals surface area (Å²) < 4.78 is 1.79. The summed E-state index contributed by atoms with van der Waals surface area (Å²) in [6.07, 6.45) is 2.87. The molecule has 0 aliphatic carbocycles. The molecule has 0 spiro atoms. The van der Waals surface area contributed by atoms with E-state index in [1.54, 1.807) is 15.8 Å². The van der Waals surface area contributed by atoms with E-state index in [0.717, 1.165) is 30.8 Å². The predicted molar refractivity (Wildman–Crippen MR) is 60.0 cm³/mol. The van der Waals surface area contributed by atoms with Crippen molar-refractivity contribution < 1.29 is 14.7 Å². The molecule has 7 heteroatoms. The SMILES string of the molecule is O=CN1CCCn2ncc(CCNC(=O)O)c21. The maximum Gasteiger partial charge on any atom is 0.404 e. The standard InChI is InChI=1S/C10H14N4O3/c15-7-13-4-1-5-14-9(13)8(6-12-14)2-3-11-10(16)17/h6-7,11H,1-5H2,(H,16,17). The molecule has 1 aromatic rings. The molecule has 2 rings (SSSR count). The van der Waals surface area contributed by atoms with Crippen molar-refractivity contribution in [2.75, 3.05) is 18.0 Å². The summed E-state index contributed by atoms with van der Waals surface area (Å²) >= 11 is 0. The molecule has 0 bridgehead atoms. The minimum Gasteiger partial charge on any atom is -0.465 e. The number of fused-ring (bicyclic) bond motifs is 1. The molecule has 7 nitrogen and oxygen atoms in total. The Morgan fingerprint density at radius 1 is 1.59 bits per heavy atom. The van der Waals surface area contributed by atoms with E-state index in [1.807, 2.05) is 0 Å². The van der Waals surface area contributed by atoms with Gasteiger partial charge in [-0.25, -0.2) is 9.48 Å². The first-order valence-electron chi connectivity index (χ1n) is 5.46. The van der Waals surface area contributed by atoms with Crippen LogP contribution in [0.25, 0.3) is 0 Å². The third kappa shape index (κ3) is 2.38. The van der Waals surface area contributed by atoms with Gasteiger partial charge < -0.3 is 10.4 Å². The van der Waals surface area contributed by atoms with E-state index in [0.29, 0.717) is 19.5 Å². The van der Waals surface area contributed by atoms with E-state index in [4.69, 9.17) is 5.11 Å². The minimum absolute atomic E-state index is 0.320. The number of hydrogen-bond donors (Lipinski definition) is 2. The van der Waals surface area contributed by atoms with E-state index in [1.165, 1.54) is 0 Å². The van der Waals surface area contributed by atoms with Gasteiger partial charge in [0.2, 0.25) is 6.41 Å². The van der Waals surface area contributed by atoms with Crippen molar-refractivity contribution in [2.24, 2.45) is 0 Å². The number of aromatic nitrogens is 2. The Labute approximate surface area is 98.0 Å². The number of carboxylic acid groups (broad SMARTS) is 1. The molecule has 1 aliphatic rings. The lowest BCUT2D eigenvalue weighted by atomic mass is 10.2. The molecule has 2 heterocycles. The molecular weight excluding hydrogens is 224 g/mol. The van der Waals surface area contributed by atoms with E-state index in [2.05, 4.69) is 10.4 Å². The zero-order valence-electron chi connectivity index (χ0n) is 9.30. The zero-order chi connectivity index (χ0) is 12.3. The van der Waals surface area contributed by atoms with E-state index in [-0.39, 0.29) is 0 Å². The van der Waals surface area contributed by atoms with Crippen LogP contribution in [0.2, 0.25) is 0 Å². The van der Waals surface area contributed by atoms with Crippen LogP contribution in [0.3, 0.4) is 0 Å². The molecule has 1 aliphatic heterocycles. The van der Waals surface area contributed by atoms with Gasteiger partial charge >= 0.3 is 6.09 Å². The third-order valence-electron chi connectivity index (χ3n) is 2.72. The molecule has 2 amide bonds. The highest BCUT2D eigenvalue weighted by Gasteiger charge is 2.20. The van der Waals surface area contributed by atoms with Crippen LogP contribution in [0.5, 0.6) is 0 Å². The molecule has 0 radical (unpaired) electrons. The van der Waals surface area contributed by atoms with Gasteiger partial charge in [0.05, 0.1) is 6.20 Å². The number of nitrogens with zero attached hydrogens (tertiary/aromatic N) is 3. The number of anilines is 1. The van der Waals surface area contributed by atoms with Gasteiger partial charge in [-0.3, -0.25) is 9.69 Å². The molecule has 2 N–H and O–H groups in total. The van der Waals surface area contributed by atoms with Crippen LogP contribution in [0.1, 0.15) is 12.0 Å². The monoisotopic (exact) mass is 238 g/mol. The Kier molecular flexibility index (Phi) is 3.27. The second kappa shape index (κ2) is 4.86. The maximum atomic E-state index is 10.9. The fraction of sp³-hybridized carbons (Fsp3) is 0.500. The summed E-state index contributed by atoms with van der Waals surface area (Å²) in [7, 11) is 0. The highest BCUT2D eigenvalue weighted by molar-refractivity contribution is 5.75. The number of hydrogen-bond acceptors (Lipinski definition) is 3. The highest BCUT2D eigenvalue weighted by Crippen LogP contribution is 2.23. The fourth-order valence-electron chi connectivity index (χ4n) is 1.99. The van der Waals surface area contributed by atoms with Crippen molar-refractivity contribution in [3.05, 3.63) is 11.8 Å². The summed E-state index contributed by atoms with van der Waals surface area (Å²) in [6, 6.07) is 0. The number of carbonyl (C=O) groups is 2. The summed E-state index contributed by atoms with van der Waals surface area (Å²) in [5, 5.41) is 15.0. The van der Waals surface area contributed by atoms with Gasteiger partial charge in [0.15, 0.2) is 0 Å². The van der Waals surface area contributed by atoms with Crippen LogP contribution < -0.4 is 10.2 Å². The van der Waals surface area contributed by atoms with Crippen LogP contribution >= 0.6 is 0 Å². The quantitative estimate of drug-likeness (QED) is 0.726. The minimum atomic E-state index is -1.04. The largest absolute Gasteiger partial charge is 0.465 e. The van der Waals surface area contributed by atoms with Crippen molar-refractivity contribution >= 4 is 18.3 Å². The molecule has 0 fully saturated rings. The molecular formula is C10H14N4O3. The average Bonchev–Trinajstić information content (AvgIpc) is 2.72. The van der Waals surface area contributed by atoms with E-state index >= 15 is 0 Å². The second-order valence-corrected chi connectivity index (χ2v) is 3.85. The Morgan fingerprint density at radius 2 is 2.41 bits per heavy atom. The lowest BCUT2D eigenvalue weighted by Gasteiger charge is -2.25. The Balaban J connectivity index is 2.10. The summed E-state index contributed by atoms with van der Waals surface area (Å²) in [4.78, 5) is 22.9. The predicted octanol–water partition coefficient (Wildman–Crippen LogP) is 0.0597. The molecule has 0 saturated carbocycles. The maximum absolute atomic E-state index is 10.9. The Bertz CT molecular complexity index is 429. The molecule has 17 heavy (non-hydrogen) atoms. The molecule has 0 saturated heterocycles. The number of nitrogens with one attached hydrogen (secondary N) is 1. The topological polar surface area (TPSA) is 87.5 Å². The Hall–Kier alpha value is -2.05. The summed E-state index contributed by atoms with van der Waals surface area (Å²) in [6.45, 7) is 1.81. The van der Waals surface area contributed by atoms with Crippen LogP contribution in [0.4, 0.5) is 10.6 Å². The van der Waals surface area contributed by atoms with Gasteiger partial charge in [0.25, 0.3) is 0 Å². The highest BCUT2D eigenvalue weighted by atomic mass is 16.4. The first kappa shape index (κ1) is 11.4. The van der Waals surface area contributed by atoms with Gasteiger partial charge in [0.1, 0.15) is 5.82 Å². The Morgan fingerprint density at radius 3 is 3.12 bits per heavy atom. The summed E-state index contributed by atoms with van der Waals surface area (Å²) in [5.74, 6) is 0.790. The van der Waals surface area contributed by atoms with Crippen molar-refractivity contribution in [2.45, 2.75) is 19.4 Å². The normalized spacial score (nSPS) is 14.2. The molecule has 0 unspecified atom stereocenters. The average molecular weight is 238 g/mol. The third-order valence-corrected chi connectivity index (χ3v) is 2.72. The number of carbonyl (C=O) groups excluding carboxylic acids is 1. The second-order valence-electron chi connectivity index (χ2n) is 3.85. The number of aryl methyl sites for hydroxylation is 1. The van der Waals surface area contributed by atoms with Gasteiger partial charge in [-0.15, -0.1) is 0 Å². The van der Waals surface area contributed by atoms with E-state index < -0.39 is 6.09 Å². The van der Waals surface area contributed by atoms with Crippen molar-refractivity contribution in [3.63, 3.8) is 0 Å². The molecule has 92 valence electrons.